The number of non-ortho nitro benzene ring substituents is 1. The van der Waals surface area contributed by atoms with Crippen molar-refractivity contribution < 1.29 is 28.1 Å². The van der Waals surface area contributed by atoms with Crippen molar-refractivity contribution in [2.24, 2.45) is 10.9 Å². The third kappa shape index (κ3) is 4.96. The average Bonchev–Trinajstić information content (AvgIpc) is 2.59. The number of alkyl halides is 2. The first kappa shape index (κ1) is 17.8. The smallest absolute Gasteiger partial charge is 0.387 e. The lowest BCUT2D eigenvalue weighted by atomic mass is 10.2. The third-order valence-corrected chi connectivity index (χ3v) is 2.92. The summed E-state index contributed by atoms with van der Waals surface area (Å²) in [5, 5.41) is 14.0. The summed E-state index contributed by atoms with van der Waals surface area (Å²) in [6.45, 7) is -2.97. The van der Waals surface area contributed by atoms with Crippen LogP contribution in [0.15, 0.2) is 53.7 Å². The van der Waals surface area contributed by atoms with Crippen LogP contribution in [-0.4, -0.2) is 23.3 Å². The Balaban J connectivity index is 2.02. The summed E-state index contributed by atoms with van der Waals surface area (Å²) in [6, 6.07) is 9.93. The van der Waals surface area contributed by atoms with Crippen LogP contribution in [0.1, 0.15) is 15.9 Å². The van der Waals surface area contributed by atoms with Crippen molar-refractivity contribution in [3.8, 4) is 5.75 Å². The minimum atomic E-state index is -2.97. The van der Waals surface area contributed by atoms with Crippen molar-refractivity contribution in [1.29, 1.82) is 0 Å². The number of hydrogen-bond donors (Lipinski definition) is 1. The first-order valence-corrected chi connectivity index (χ1v) is 6.71. The van der Waals surface area contributed by atoms with Crippen LogP contribution in [0.3, 0.4) is 0 Å². The van der Waals surface area contributed by atoms with Gasteiger partial charge in [0.15, 0.2) is 5.84 Å². The minimum absolute atomic E-state index is 0.0434. The molecule has 0 heterocycles. The van der Waals surface area contributed by atoms with Crippen LogP contribution in [0.2, 0.25) is 0 Å². The molecule has 0 aliphatic carbocycles. The number of halogens is 2. The molecule has 0 aromatic heterocycles. The van der Waals surface area contributed by atoms with Gasteiger partial charge in [0.2, 0.25) is 0 Å². The minimum Gasteiger partial charge on any atom is -0.435 e. The second kappa shape index (κ2) is 7.81. The quantitative estimate of drug-likeness (QED) is 0.281. The molecule has 0 bridgehead atoms. The van der Waals surface area contributed by atoms with Gasteiger partial charge < -0.3 is 15.3 Å². The molecule has 2 N–H and O–H groups in total. The number of carbonyl (C=O) groups excluding carboxylic acids is 1. The molecule has 130 valence electrons. The molecule has 0 fully saturated rings. The molecule has 0 radical (unpaired) electrons. The maximum Gasteiger partial charge on any atom is 0.387 e. The highest BCUT2D eigenvalue weighted by Crippen LogP contribution is 2.16. The summed E-state index contributed by atoms with van der Waals surface area (Å²) in [7, 11) is 0. The molecule has 0 saturated carbocycles. The number of nitro benzene ring substituents is 1. The van der Waals surface area contributed by atoms with Gasteiger partial charge in [-0.3, -0.25) is 10.1 Å². The number of nitrogens with two attached hydrogens (primary N) is 1. The van der Waals surface area contributed by atoms with Crippen LogP contribution in [0, 0.1) is 10.1 Å². The van der Waals surface area contributed by atoms with Crippen LogP contribution >= 0.6 is 0 Å². The van der Waals surface area contributed by atoms with E-state index in [0.717, 1.165) is 0 Å². The first-order chi connectivity index (χ1) is 11.9. The molecule has 0 saturated heterocycles. The number of nitrogens with zero attached hydrogens (tertiary/aromatic N) is 2. The lowest BCUT2D eigenvalue weighted by Gasteiger charge is -2.05. The number of benzene rings is 2. The Morgan fingerprint density at radius 2 is 1.64 bits per heavy atom. The van der Waals surface area contributed by atoms with Crippen molar-refractivity contribution in [2.45, 2.75) is 6.61 Å². The lowest BCUT2D eigenvalue weighted by Crippen LogP contribution is -2.15. The zero-order chi connectivity index (χ0) is 18.4. The molecule has 2 rings (SSSR count). The molecule has 0 atom stereocenters. The third-order valence-electron chi connectivity index (χ3n) is 2.92. The SMILES string of the molecule is N/C(=N\OC(=O)c1ccc(OC(F)F)cc1)c1ccc([N+](=O)[O-])cc1. The van der Waals surface area contributed by atoms with E-state index in [4.69, 9.17) is 5.73 Å². The second-order valence-corrected chi connectivity index (χ2v) is 4.56. The van der Waals surface area contributed by atoms with Gasteiger partial charge in [-0.1, -0.05) is 5.16 Å². The number of carbonyl (C=O) groups is 1. The monoisotopic (exact) mass is 351 g/mol. The predicted octanol–water partition coefficient (Wildman–Crippen LogP) is 2.67. The molecular weight excluding hydrogens is 340 g/mol. The number of hydrogen-bond acceptors (Lipinski definition) is 6. The van der Waals surface area contributed by atoms with Crippen LogP contribution in [0.5, 0.6) is 5.75 Å². The van der Waals surface area contributed by atoms with Gasteiger partial charge >= 0.3 is 12.6 Å². The van der Waals surface area contributed by atoms with Crippen molar-refractivity contribution in [3.05, 3.63) is 69.8 Å². The molecule has 0 amide bonds. The van der Waals surface area contributed by atoms with Crippen LogP contribution < -0.4 is 10.5 Å². The van der Waals surface area contributed by atoms with E-state index in [9.17, 15) is 23.7 Å². The fourth-order valence-electron chi connectivity index (χ4n) is 1.72. The molecular formula is C15H11F2N3O5. The number of rotatable bonds is 6. The predicted molar refractivity (Wildman–Crippen MR) is 82.3 cm³/mol. The molecule has 8 nitrogen and oxygen atoms in total. The summed E-state index contributed by atoms with van der Waals surface area (Å²) in [5.74, 6) is -1.14. The van der Waals surface area contributed by atoms with E-state index in [0.29, 0.717) is 5.56 Å². The van der Waals surface area contributed by atoms with Crippen LogP contribution in [0.25, 0.3) is 0 Å². The summed E-state index contributed by atoms with van der Waals surface area (Å²) < 4.78 is 28.2. The molecule has 0 aliphatic heterocycles. The van der Waals surface area contributed by atoms with E-state index in [1.54, 1.807) is 0 Å². The molecule has 0 spiro atoms. The molecule has 2 aromatic rings. The summed E-state index contributed by atoms with van der Waals surface area (Å²) in [5.41, 5.74) is 5.86. The topological polar surface area (TPSA) is 117 Å². The number of ether oxygens (including phenoxy) is 1. The van der Waals surface area contributed by atoms with Crippen LogP contribution in [-0.2, 0) is 4.84 Å². The van der Waals surface area contributed by atoms with E-state index in [1.807, 2.05) is 0 Å². The number of nitro groups is 1. The van der Waals surface area contributed by atoms with Crippen molar-refractivity contribution in [1.82, 2.24) is 0 Å². The van der Waals surface area contributed by atoms with Gasteiger partial charge in [0.1, 0.15) is 5.75 Å². The fourth-order valence-corrected chi connectivity index (χ4v) is 1.72. The largest absolute Gasteiger partial charge is 0.435 e. The van der Waals surface area contributed by atoms with Crippen molar-refractivity contribution in [3.63, 3.8) is 0 Å². The van der Waals surface area contributed by atoms with Gasteiger partial charge in [-0.15, -0.1) is 0 Å². The van der Waals surface area contributed by atoms with E-state index in [2.05, 4.69) is 14.7 Å². The molecule has 10 heteroatoms. The zero-order valence-corrected chi connectivity index (χ0v) is 12.5. The van der Waals surface area contributed by atoms with E-state index in [1.165, 1.54) is 48.5 Å². The highest BCUT2D eigenvalue weighted by Gasteiger charge is 2.11. The molecule has 25 heavy (non-hydrogen) atoms. The van der Waals surface area contributed by atoms with E-state index < -0.39 is 17.5 Å². The second-order valence-electron chi connectivity index (χ2n) is 4.56. The standard InChI is InChI=1S/C15H11F2N3O5/c16-15(17)24-12-7-3-10(4-8-12)14(21)25-19-13(18)9-1-5-11(6-2-9)20(22)23/h1-8,15H,(H2,18,19). The Morgan fingerprint density at radius 1 is 1.08 bits per heavy atom. The summed E-state index contributed by atoms with van der Waals surface area (Å²) in [4.78, 5) is 26.4. The highest BCUT2D eigenvalue weighted by atomic mass is 19.3. The van der Waals surface area contributed by atoms with Gasteiger partial charge in [0, 0.05) is 17.7 Å². The normalized spacial score (nSPS) is 11.2. The molecule has 2 aromatic carbocycles. The molecule has 0 aliphatic rings. The Morgan fingerprint density at radius 3 is 2.16 bits per heavy atom. The van der Waals surface area contributed by atoms with Crippen molar-refractivity contribution >= 4 is 17.5 Å². The Bertz CT molecular complexity index is 792. The van der Waals surface area contributed by atoms with Gasteiger partial charge in [0.25, 0.3) is 5.69 Å². The van der Waals surface area contributed by atoms with Gasteiger partial charge in [-0.2, -0.15) is 8.78 Å². The Kier molecular flexibility index (Phi) is 5.56. The first-order valence-electron chi connectivity index (χ1n) is 6.71. The number of amidine groups is 1. The van der Waals surface area contributed by atoms with E-state index in [-0.39, 0.29) is 22.8 Å². The van der Waals surface area contributed by atoms with Gasteiger partial charge in [-0.05, 0) is 36.4 Å². The number of oxime groups is 1. The van der Waals surface area contributed by atoms with Gasteiger partial charge in [0.05, 0.1) is 10.5 Å². The summed E-state index contributed by atoms with van der Waals surface area (Å²) >= 11 is 0. The van der Waals surface area contributed by atoms with Crippen LogP contribution in [0.4, 0.5) is 14.5 Å². The highest BCUT2D eigenvalue weighted by molar-refractivity contribution is 5.98. The summed E-state index contributed by atoms with van der Waals surface area (Å²) in [6.07, 6.45) is 0. The van der Waals surface area contributed by atoms with Gasteiger partial charge in [-0.25, -0.2) is 4.79 Å². The Hall–Kier alpha value is -3.56. The van der Waals surface area contributed by atoms with Crippen molar-refractivity contribution in [2.75, 3.05) is 0 Å². The lowest BCUT2D eigenvalue weighted by molar-refractivity contribution is -0.384. The average molecular weight is 351 g/mol. The van der Waals surface area contributed by atoms with E-state index >= 15 is 0 Å². The maximum atomic E-state index is 12.0. The Labute approximate surface area is 139 Å². The fraction of sp³-hybridized carbons (Fsp3) is 0.0667. The zero-order valence-electron chi connectivity index (χ0n) is 12.5. The molecule has 0 unspecified atom stereocenters. The maximum absolute atomic E-state index is 12.0.